The molecule has 0 spiro atoms. The summed E-state index contributed by atoms with van der Waals surface area (Å²) in [6.45, 7) is 5.02. The minimum absolute atomic E-state index is 0.0855. The predicted octanol–water partition coefficient (Wildman–Crippen LogP) is 5.34. The number of piperidine rings is 1. The fourth-order valence-corrected chi connectivity index (χ4v) is 4.92. The Morgan fingerprint density at radius 1 is 0.946 bits per heavy atom. The number of carbonyl (C=O) groups is 3. The van der Waals surface area contributed by atoms with E-state index in [0.717, 1.165) is 22.3 Å². The summed E-state index contributed by atoms with van der Waals surface area (Å²) in [6.07, 6.45) is -1.46. The van der Waals surface area contributed by atoms with E-state index in [0.29, 0.717) is 0 Å². The molecule has 4 rings (SSSR count). The number of likely N-dealkylation sites (tertiary alicyclic amines) is 1. The van der Waals surface area contributed by atoms with Gasteiger partial charge in [-0.15, -0.1) is 0 Å². The zero-order valence-electron chi connectivity index (χ0n) is 21.5. The summed E-state index contributed by atoms with van der Waals surface area (Å²) in [5.41, 5.74) is 3.52. The molecule has 1 heterocycles. The molecule has 198 valence electrons. The Labute approximate surface area is 215 Å². The van der Waals surface area contributed by atoms with Crippen molar-refractivity contribution in [2.75, 3.05) is 19.7 Å². The number of amides is 1. The van der Waals surface area contributed by atoms with Crippen LogP contribution in [-0.2, 0) is 23.9 Å². The van der Waals surface area contributed by atoms with Crippen LogP contribution in [0.2, 0.25) is 0 Å². The first-order chi connectivity index (χ1) is 17.4. The summed E-state index contributed by atoms with van der Waals surface area (Å²) in [4.78, 5) is 39.9. The molecule has 0 radical (unpaired) electrons. The van der Waals surface area contributed by atoms with Crippen molar-refractivity contribution in [2.45, 2.75) is 63.9 Å². The smallest absolute Gasteiger partial charge is 0.310 e. The van der Waals surface area contributed by atoms with Crippen molar-refractivity contribution in [1.82, 2.24) is 4.90 Å². The average Bonchev–Trinajstić information content (AvgIpc) is 3.15. The van der Waals surface area contributed by atoms with Crippen LogP contribution in [0.1, 0.15) is 63.5 Å². The summed E-state index contributed by atoms with van der Waals surface area (Å²) in [5.74, 6) is -5.73. The molecule has 1 amide bonds. The molecule has 6 nitrogen and oxygen atoms in total. The molecule has 1 aliphatic heterocycles. The van der Waals surface area contributed by atoms with Crippen molar-refractivity contribution < 1.29 is 32.6 Å². The molecule has 2 aromatic carbocycles. The van der Waals surface area contributed by atoms with Gasteiger partial charge in [-0.2, -0.15) is 0 Å². The predicted molar refractivity (Wildman–Crippen MR) is 134 cm³/mol. The maximum atomic E-state index is 13.5. The minimum atomic E-state index is -2.79. The standard InChI is InChI=1S/C29H33F2NO5/c1-28(2,3)37-27(35)19(16-25(33)32-14-12-29(30,31)13-15-32)17-26(34)36-18-24-22-10-6-4-8-20(22)21-9-5-7-11-23(21)24/h4-11,19,24H,12-18H2,1-3H3/t19-/m1/s1. The Kier molecular flexibility index (Phi) is 7.67. The number of nitrogens with zero attached hydrogens (tertiary/aromatic N) is 1. The lowest BCUT2D eigenvalue weighted by Gasteiger charge is -2.32. The third kappa shape index (κ3) is 6.53. The Balaban J connectivity index is 1.42. The highest BCUT2D eigenvalue weighted by Crippen LogP contribution is 2.44. The minimum Gasteiger partial charge on any atom is -0.465 e. The Morgan fingerprint density at radius 2 is 1.49 bits per heavy atom. The van der Waals surface area contributed by atoms with E-state index < -0.39 is 48.1 Å². The normalized spacial score (nSPS) is 17.5. The van der Waals surface area contributed by atoms with Crippen LogP contribution >= 0.6 is 0 Å². The number of halogens is 2. The molecule has 37 heavy (non-hydrogen) atoms. The van der Waals surface area contributed by atoms with Gasteiger partial charge in [0.25, 0.3) is 5.92 Å². The van der Waals surface area contributed by atoms with Crippen molar-refractivity contribution in [1.29, 1.82) is 0 Å². The van der Waals surface area contributed by atoms with E-state index in [1.807, 2.05) is 48.5 Å². The van der Waals surface area contributed by atoms with Gasteiger partial charge in [0.15, 0.2) is 0 Å². The number of carbonyl (C=O) groups excluding carboxylic acids is 3. The largest absolute Gasteiger partial charge is 0.465 e. The highest BCUT2D eigenvalue weighted by Gasteiger charge is 2.38. The Bertz CT molecular complexity index is 1120. The third-order valence-corrected chi connectivity index (χ3v) is 6.80. The van der Waals surface area contributed by atoms with Gasteiger partial charge in [-0.25, -0.2) is 8.78 Å². The van der Waals surface area contributed by atoms with Crippen LogP contribution in [0.25, 0.3) is 11.1 Å². The number of esters is 2. The molecule has 8 heteroatoms. The SMILES string of the molecule is CC(C)(C)OC(=O)[C@@H](CC(=O)OCC1c2ccccc2-c2ccccc21)CC(=O)N1CCC(F)(F)CC1. The van der Waals surface area contributed by atoms with Gasteiger partial charge in [0.05, 0.1) is 12.3 Å². The van der Waals surface area contributed by atoms with Crippen LogP contribution in [0.4, 0.5) is 8.78 Å². The van der Waals surface area contributed by atoms with Crippen LogP contribution in [0.15, 0.2) is 48.5 Å². The zero-order chi connectivity index (χ0) is 26.8. The summed E-state index contributed by atoms with van der Waals surface area (Å²) < 4.78 is 38.1. The average molecular weight is 514 g/mol. The van der Waals surface area contributed by atoms with Gasteiger partial charge in [0, 0.05) is 38.3 Å². The molecule has 0 saturated carbocycles. The molecular weight excluding hydrogens is 480 g/mol. The molecule has 1 aliphatic carbocycles. The van der Waals surface area contributed by atoms with E-state index in [1.54, 1.807) is 20.8 Å². The Morgan fingerprint density at radius 3 is 2.03 bits per heavy atom. The zero-order valence-corrected chi connectivity index (χ0v) is 21.5. The molecular formula is C29H33F2NO5. The van der Waals surface area contributed by atoms with Gasteiger partial charge in [-0.05, 0) is 43.0 Å². The lowest BCUT2D eigenvalue weighted by Crippen LogP contribution is -2.44. The van der Waals surface area contributed by atoms with E-state index in [9.17, 15) is 23.2 Å². The lowest BCUT2D eigenvalue weighted by molar-refractivity contribution is -0.166. The van der Waals surface area contributed by atoms with Crippen LogP contribution in [0, 0.1) is 5.92 Å². The first-order valence-electron chi connectivity index (χ1n) is 12.7. The fraction of sp³-hybridized carbons (Fsp3) is 0.483. The summed E-state index contributed by atoms with van der Waals surface area (Å²) in [5, 5.41) is 0. The van der Waals surface area contributed by atoms with Gasteiger partial charge in [0.1, 0.15) is 12.2 Å². The van der Waals surface area contributed by atoms with Crippen molar-refractivity contribution in [3.63, 3.8) is 0 Å². The molecule has 2 aliphatic rings. The van der Waals surface area contributed by atoms with Gasteiger partial charge in [-0.1, -0.05) is 48.5 Å². The van der Waals surface area contributed by atoms with Crippen LogP contribution in [0.3, 0.4) is 0 Å². The maximum Gasteiger partial charge on any atom is 0.310 e. The first-order valence-corrected chi connectivity index (χ1v) is 12.7. The van der Waals surface area contributed by atoms with Crippen LogP contribution in [0.5, 0.6) is 0 Å². The maximum absolute atomic E-state index is 13.5. The number of hydrogen-bond donors (Lipinski definition) is 0. The molecule has 0 N–H and O–H groups in total. The second-order valence-electron chi connectivity index (χ2n) is 10.8. The number of benzene rings is 2. The van der Waals surface area contributed by atoms with Crippen molar-refractivity contribution >= 4 is 17.8 Å². The number of hydrogen-bond acceptors (Lipinski definition) is 5. The summed E-state index contributed by atoms with van der Waals surface area (Å²) in [7, 11) is 0. The molecule has 0 bridgehead atoms. The van der Waals surface area contributed by atoms with Crippen molar-refractivity contribution in [3.05, 3.63) is 59.7 Å². The third-order valence-electron chi connectivity index (χ3n) is 6.80. The number of fused-ring (bicyclic) bond motifs is 3. The topological polar surface area (TPSA) is 72.9 Å². The van der Waals surface area contributed by atoms with E-state index in [1.165, 1.54) is 4.90 Å². The summed E-state index contributed by atoms with van der Waals surface area (Å²) >= 11 is 0. The van der Waals surface area contributed by atoms with E-state index >= 15 is 0 Å². The van der Waals surface area contributed by atoms with Gasteiger partial charge >= 0.3 is 11.9 Å². The lowest BCUT2D eigenvalue weighted by atomic mass is 9.97. The van der Waals surface area contributed by atoms with E-state index in [-0.39, 0.29) is 38.5 Å². The number of alkyl halides is 2. The first kappa shape index (κ1) is 26.8. The van der Waals surface area contributed by atoms with Crippen LogP contribution in [-0.4, -0.2) is 54.0 Å². The molecule has 1 saturated heterocycles. The van der Waals surface area contributed by atoms with E-state index in [4.69, 9.17) is 9.47 Å². The van der Waals surface area contributed by atoms with Gasteiger partial charge < -0.3 is 14.4 Å². The number of ether oxygens (including phenoxy) is 2. The molecule has 0 aromatic heterocycles. The Hall–Kier alpha value is -3.29. The second kappa shape index (κ2) is 10.6. The molecule has 2 aromatic rings. The molecule has 1 atom stereocenters. The summed E-state index contributed by atoms with van der Waals surface area (Å²) in [6, 6.07) is 15.9. The van der Waals surface area contributed by atoms with E-state index in [2.05, 4.69) is 0 Å². The highest BCUT2D eigenvalue weighted by atomic mass is 19.3. The van der Waals surface area contributed by atoms with Crippen LogP contribution < -0.4 is 0 Å². The molecule has 0 unspecified atom stereocenters. The van der Waals surface area contributed by atoms with Crippen molar-refractivity contribution in [3.8, 4) is 11.1 Å². The molecule has 1 fully saturated rings. The fourth-order valence-electron chi connectivity index (χ4n) is 4.92. The quantitative estimate of drug-likeness (QED) is 0.468. The van der Waals surface area contributed by atoms with Gasteiger partial charge in [0.2, 0.25) is 5.91 Å². The monoisotopic (exact) mass is 513 g/mol. The highest BCUT2D eigenvalue weighted by molar-refractivity contribution is 5.86. The second-order valence-corrected chi connectivity index (χ2v) is 10.8. The van der Waals surface area contributed by atoms with Crippen molar-refractivity contribution in [2.24, 2.45) is 5.92 Å². The number of rotatable bonds is 7. The van der Waals surface area contributed by atoms with Gasteiger partial charge in [-0.3, -0.25) is 14.4 Å².